The van der Waals surface area contributed by atoms with E-state index in [9.17, 15) is 4.79 Å². The Morgan fingerprint density at radius 1 is 1.47 bits per heavy atom. The number of nitrogens with zero attached hydrogens (tertiary/aromatic N) is 2. The highest BCUT2D eigenvalue weighted by atomic mass is 16.2. The molecule has 2 unspecified atom stereocenters. The first-order valence-electron chi connectivity index (χ1n) is 6.74. The van der Waals surface area contributed by atoms with Gasteiger partial charge in [-0.1, -0.05) is 0 Å². The van der Waals surface area contributed by atoms with Gasteiger partial charge in [0.2, 0.25) is 5.91 Å². The van der Waals surface area contributed by atoms with Gasteiger partial charge in [0.05, 0.1) is 0 Å². The third-order valence-corrected chi connectivity index (χ3v) is 4.08. The molecule has 1 aliphatic heterocycles. The van der Waals surface area contributed by atoms with Crippen molar-refractivity contribution in [2.24, 2.45) is 17.6 Å². The summed E-state index contributed by atoms with van der Waals surface area (Å²) in [5.74, 6) is 1.48. The van der Waals surface area contributed by atoms with Gasteiger partial charge < -0.3 is 15.5 Å². The second-order valence-corrected chi connectivity index (χ2v) is 5.90. The molecule has 17 heavy (non-hydrogen) atoms. The Balaban J connectivity index is 1.70. The highest BCUT2D eigenvalue weighted by molar-refractivity contribution is 5.76. The molecule has 2 aliphatic rings. The van der Waals surface area contributed by atoms with E-state index in [0.717, 1.165) is 19.6 Å². The summed E-state index contributed by atoms with van der Waals surface area (Å²) in [5, 5.41) is 0. The Hall–Kier alpha value is -0.610. The monoisotopic (exact) mass is 239 g/mol. The SMILES string of the molecule is CN1CCC(CN(C)C(=O)CC(N)C2CC2)C1. The minimum Gasteiger partial charge on any atom is -0.345 e. The molecular weight excluding hydrogens is 214 g/mol. The van der Waals surface area contributed by atoms with Crippen LogP contribution in [0, 0.1) is 11.8 Å². The normalized spacial score (nSPS) is 27.1. The average molecular weight is 239 g/mol. The molecule has 0 aromatic rings. The van der Waals surface area contributed by atoms with Crippen molar-refractivity contribution >= 4 is 5.91 Å². The molecule has 1 amide bonds. The van der Waals surface area contributed by atoms with Crippen molar-refractivity contribution in [1.82, 2.24) is 9.80 Å². The number of hydrogen-bond acceptors (Lipinski definition) is 3. The Morgan fingerprint density at radius 3 is 2.71 bits per heavy atom. The van der Waals surface area contributed by atoms with Gasteiger partial charge in [0.15, 0.2) is 0 Å². The third-order valence-electron chi connectivity index (χ3n) is 4.08. The van der Waals surface area contributed by atoms with E-state index in [2.05, 4.69) is 11.9 Å². The van der Waals surface area contributed by atoms with Crippen LogP contribution >= 0.6 is 0 Å². The molecule has 2 fully saturated rings. The molecule has 1 heterocycles. The molecule has 1 saturated heterocycles. The smallest absolute Gasteiger partial charge is 0.223 e. The second kappa shape index (κ2) is 5.36. The Morgan fingerprint density at radius 2 is 2.18 bits per heavy atom. The lowest BCUT2D eigenvalue weighted by Gasteiger charge is -2.22. The minimum atomic E-state index is 0.0937. The third kappa shape index (κ3) is 3.68. The van der Waals surface area contributed by atoms with E-state index in [-0.39, 0.29) is 11.9 Å². The van der Waals surface area contributed by atoms with Crippen molar-refractivity contribution in [3.63, 3.8) is 0 Å². The average Bonchev–Trinajstić information content (AvgIpc) is 3.04. The van der Waals surface area contributed by atoms with Crippen LogP contribution in [-0.2, 0) is 4.79 Å². The van der Waals surface area contributed by atoms with Gasteiger partial charge in [0.1, 0.15) is 0 Å². The highest BCUT2D eigenvalue weighted by Crippen LogP contribution is 2.33. The zero-order valence-corrected chi connectivity index (χ0v) is 11.1. The van der Waals surface area contributed by atoms with E-state index in [4.69, 9.17) is 5.73 Å². The van der Waals surface area contributed by atoms with Crippen LogP contribution in [-0.4, -0.2) is 55.5 Å². The molecule has 0 spiro atoms. The first-order chi connectivity index (χ1) is 8.06. The van der Waals surface area contributed by atoms with E-state index in [0.29, 0.717) is 18.3 Å². The van der Waals surface area contributed by atoms with Crippen LogP contribution in [0.5, 0.6) is 0 Å². The quantitative estimate of drug-likeness (QED) is 0.761. The van der Waals surface area contributed by atoms with Crippen molar-refractivity contribution in [1.29, 1.82) is 0 Å². The molecule has 4 nitrogen and oxygen atoms in total. The highest BCUT2D eigenvalue weighted by Gasteiger charge is 2.31. The van der Waals surface area contributed by atoms with Gasteiger partial charge >= 0.3 is 0 Å². The summed E-state index contributed by atoms with van der Waals surface area (Å²) in [6, 6.07) is 0.0937. The fourth-order valence-corrected chi connectivity index (χ4v) is 2.71. The number of rotatable bonds is 5. The molecule has 2 N–H and O–H groups in total. The largest absolute Gasteiger partial charge is 0.345 e. The standard InChI is InChI=1S/C13H25N3O/c1-15-6-5-10(8-15)9-16(2)13(17)7-12(14)11-3-4-11/h10-12H,3-9,14H2,1-2H3. The molecule has 2 rings (SSSR count). The van der Waals surface area contributed by atoms with Crippen molar-refractivity contribution in [2.45, 2.75) is 31.7 Å². The van der Waals surface area contributed by atoms with E-state index < -0.39 is 0 Å². The minimum absolute atomic E-state index is 0.0937. The van der Waals surface area contributed by atoms with Gasteiger partial charge in [-0.15, -0.1) is 0 Å². The maximum Gasteiger partial charge on any atom is 0.223 e. The first-order valence-corrected chi connectivity index (χ1v) is 6.74. The molecule has 98 valence electrons. The van der Waals surface area contributed by atoms with Crippen LogP contribution < -0.4 is 5.73 Å². The van der Waals surface area contributed by atoms with Gasteiger partial charge in [-0.3, -0.25) is 4.79 Å². The van der Waals surface area contributed by atoms with Gasteiger partial charge in [0, 0.05) is 32.6 Å². The summed E-state index contributed by atoms with van der Waals surface area (Å²) in [4.78, 5) is 16.2. The Kier molecular flexibility index (Phi) is 4.05. The van der Waals surface area contributed by atoms with Crippen LogP contribution in [0.15, 0.2) is 0 Å². The van der Waals surface area contributed by atoms with Crippen LogP contribution in [0.25, 0.3) is 0 Å². The van der Waals surface area contributed by atoms with E-state index in [1.807, 2.05) is 11.9 Å². The predicted octanol–water partition coefficient (Wildman–Crippen LogP) is 0.524. The lowest BCUT2D eigenvalue weighted by molar-refractivity contribution is -0.130. The summed E-state index contributed by atoms with van der Waals surface area (Å²) < 4.78 is 0. The molecule has 0 bridgehead atoms. The number of likely N-dealkylation sites (tertiary alicyclic amines) is 1. The molecule has 0 aromatic heterocycles. The Labute approximate surface area is 104 Å². The van der Waals surface area contributed by atoms with Crippen LogP contribution in [0.3, 0.4) is 0 Å². The summed E-state index contributed by atoms with van der Waals surface area (Å²) in [6.07, 6.45) is 4.17. The van der Waals surface area contributed by atoms with E-state index in [1.165, 1.54) is 19.3 Å². The summed E-state index contributed by atoms with van der Waals surface area (Å²) in [7, 11) is 4.06. The zero-order valence-electron chi connectivity index (χ0n) is 11.1. The van der Waals surface area contributed by atoms with Gasteiger partial charge in [0.25, 0.3) is 0 Å². The maximum atomic E-state index is 12.0. The summed E-state index contributed by atoms with van der Waals surface area (Å²) in [5.41, 5.74) is 5.99. The van der Waals surface area contributed by atoms with E-state index >= 15 is 0 Å². The first kappa shape index (κ1) is 12.8. The molecular formula is C13H25N3O. The fourth-order valence-electron chi connectivity index (χ4n) is 2.71. The van der Waals surface area contributed by atoms with Gasteiger partial charge in [-0.05, 0) is 44.7 Å². The van der Waals surface area contributed by atoms with Crippen molar-refractivity contribution in [2.75, 3.05) is 33.7 Å². The lowest BCUT2D eigenvalue weighted by atomic mass is 10.1. The number of nitrogens with two attached hydrogens (primary N) is 1. The molecule has 0 aromatic carbocycles. The Bertz CT molecular complexity index is 278. The molecule has 0 radical (unpaired) electrons. The van der Waals surface area contributed by atoms with Crippen LogP contribution in [0.4, 0.5) is 0 Å². The number of carbonyl (C=O) groups is 1. The lowest BCUT2D eigenvalue weighted by Crippen LogP contribution is -2.37. The van der Waals surface area contributed by atoms with Crippen LogP contribution in [0.2, 0.25) is 0 Å². The predicted molar refractivity (Wildman–Crippen MR) is 68.6 cm³/mol. The van der Waals surface area contributed by atoms with Crippen molar-refractivity contribution in [3.8, 4) is 0 Å². The molecule has 1 saturated carbocycles. The topological polar surface area (TPSA) is 49.6 Å². The zero-order chi connectivity index (χ0) is 12.4. The summed E-state index contributed by atoms with van der Waals surface area (Å²) >= 11 is 0. The summed E-state index contributed by atoms with van der Waals surface area (Å²) in [6.45, 7) is 3.17. The van der Waals surface area contributed by atoms with Crippen molar-refractivity contribution in [3.05, 3.63) is 0 Å². The maximum absolute atomic E-state index is 12.0. The molecule has 2 atom stereocenters. The van der Waals surface area contributed by atoms with Gasteiger partial charge in [-0.2, -0.15) is 0 Å². The second-order valence-electron chi connectivity index (χ2n) is 5.90. The number of hydrogen-bond donors (Lipinski definition) is 1. The van der Waals surface area contributed by atoms with Gasteiger partial charge in [-0.25, -0.2) is 0 Å². The molecule has 1 aliphatic carbocycles. The van der Waals surface area contributed by atoms with Crippen molar-refractivity contribution < 1.29 is 4.79 Å². The number of carbonyl (C=O) groups excluding carboxylic acids is 1. The number of amides is 1. The fraction of sp³-hybridized carbons (Fsp3) is 0.923. The van der Waals surface area contributed by atoms with E-state index in [1.54, 1.807) is 0 Å². The molecule has 4 heteroatoms. The van der Waals surface area contributed by atoms with Crippen LogP contribution in [0.1, 0.15) is 25.7 Å².